The van der Waals surface area contributed by atoms with E-state index >= 15 is 0 Å². The molecule has 1 saturated heterocycles. The first-order chi connectivity index (χ1) is 10.1. The number of benzene rings is 1. The fourth-order valence-corrected chi connectivity index (χ4v) is 5.03. The van der Waals surface area contributed by atoms with E-state index in [-0.39, 0.29) is 5.60 Å². The second kappa shape index (κ2) is 4.74. The smallest absolute Gasteiger partial charge is 0.115 e. The summed E-state index contributed by atoms with van der Waals surface area (Å²) in [6.45, 7) is 3.43. The summed E-state index contributed by atoms with van der Waals surface area (Å²) in [7, 11) is 0. The van der Waals surface area contributed by atoms with Crippen LogP contribution in [0.25, 0.3) is 0 Å². The van der Waals surface area contributed by atoms with Gasteiger partial charge in [-0.25, -0.2) is 0 Å². The largest absolute Gasteiger partial charge is 0.508 e. The molecular formula is C19H26O2. The van der Waals surface area contributed by atoms with Crippen molar-refractivity contribution in [3.63, 3.8) is 0 Å². The molecule has 0 amide bonds. The van der Waals surface area contributed by atoms with E-state index in [9.17, 15) is 5.11 Å². The molecule has 1 spiro atoms. The van der Waals surface area contributed by atoms with Gasteiger partial charge in [0.05, 0.1) is 5.60 Å². The third-order valence-corrected chi connectivity index (χ3v) is 6.47. The second-order valence-electron chi connectivity index (χ2n) is 7.78. The molecule has 1 saturated carbocycles. The molecule has 2 nitrogen and oxygen atoms in total. The van der Waals surface area contributed by atoms with Gasteiger partial charge in [-0.3, -0.25) is 0 Å². The molecule has 21 heavy (non-hydrogen) atoms. The number of phenolic OH excluding ortho intramolecular Hbond substituents is 1. The summed E-state index contributed by atoms with van der Waals surface area (Å²) in [5.74, 6) is 1.02. The van der Waals surface area contributed by atoms with Gasteiger partial charge in [0, 0.05) is 6.61 Å². The molecule has 1 unspecified atom stereocenters. The van der Waals surface area contributed by atoms with E-state index in [2.05, 4.69) is 13.0 Å². The van der Waals surface area contributed by atoms with Gasteiger partial charge in [-0.1, -0.05) is 13.0 Å². The maximum absolute atomic E-state index is 9.77. The van der Waals surface area contributed by atoms with Crippen molar-refractivity contribution in [2.24, 2.45) is 5.41 Å². The molecule has 0 radical (unpaired) electrons. The lowest BCUT2D eigenvalue weighted by Crippen LogP contribution is -2.47. The van der Waals surface area contributed by atoms with Gasteiger partial charge in [-0.2, -0.15) is 0 Å². The summed E-state index contributed by atoms with van der Waals surface area (Å²) in [4.78, 5) is 0. The van der Waals surface area contributed by atoms with Crippen molar-refractivity contribution < 1.29 is 9.84 Å². The molecule has 1 heterocycles. The lowest BCUT2D eigenvalue weighted by Gasteiger charge is -2.54. The molecule has 2 heteroatoms. The highest BCUT2D eigenvalue weighted by atomic mass is 16.5. The molecule has 2 fully saturated rings. The normalized spacial score (nSPS) is 38.8. The maximum atomic E-state index is 9.77. The van der Waals surface area contributed by atoms with Gasteiger partial charge < -0.3 is 9.84 Å². The summed E-state index contributed by atoms with van der Waals surface area (Å²) in [5, 5.41) is 9.77. The Morgan fingerprint density at radius 3 is 2.86 bits per heavy atom. The van der Waals surface area contributed by atoms with E-state index < -0.39 is 0 Å². The van der Waals surface area contributed by atoms with Crippen LogP contribution in [0.1, 0.15) is 68.9 Å². The molecule has 1 aliphatic heterocycles. The molecule has 4 rings (SSSR count). The highest BCUT2D eigenvalue weighted by Gasteiger charge is 2.50. The summed E-state index contributed by atoms with van der Waals surface area (Å²) in [5.41, 5.74) is 3.42. The Morgan fingerprint density at radius 1 is 1.14 bits per heavy atom. The monoisotopic (exact) mass is 286 g/mol. The molecule has 3 atom stereocenters. The van der Waals surface area contributed by atoms with Gasteiger partial charge in [0.1, 0.15) is 5.75 Å². The van der Waals surface area contributed by atoms with E-state index in [0.29, 0.717) is 17.1 Å². The standard InChI is InChI=1S/C19H26O2/c1-18-8-6-14-12-15(20)4-5-16(14)17(18)13-19(10-9-18)7-2-3-11-21-19/h4-5,12,17,20H,2-3,6-11,13H2,1H3/t17?,18-,19-/m0/s1. The molecule has 1 aromatic rings. The van der Waals surface area contributed by atoms with E-state index in [4.69, 9.17) is 4.74 Å². The zero-order valence-electron chi connectivity index (χ0n) is 13.0. The van der Waals surface area contributed by atoms with Crippen molar-refractivity contribution in [2.45, 2.75) is 69.8 Å². The second-order valence-corrected chi connectivity index (χ2v) is 7.78. The number of fused-ring (bicyclic) bond motifs is 3. The Hall–Kier alpha value is -1.02. The Kier molecular flexibility index (Phi) is 3.08. The van der Waals surface area contributed by atoms with Crippen molar-refractivity contribution in [1.82, 2.24) is 0 Å². The van der Waals surface area contributed by atoms with Gasteiger partial charge in [-0.15, -0.1) is 0 Å². The van der Waals surface area contributed by atoms with Crippen LogP contribution in [0.5, 0.6) is 5.75 Å². The van der Waals surface area contributed by atoms with Gasteiger partial charge >= 0.3 is 0 Å². The number of hydrogen-bond acceptors (Lipinski definition) is 2. The number of hydrogen-bond donors (Lipinski definition) is 1. The lowest BCUT2D eigenvalue weighted by molar-refractivity contribution is -0.126. The van der Waals surface area contributed by atoms with Crippen LogP contribution in [0.2, 0.25) is 0 Å². The van der Waals surface area contributed by atoms with Crippen LogP contribution in [0.15, 0.2) is 18.2 Å². The number of phenols is 1. The molecule has 3 aliphatic rings. The summed E-state index contributed by atoms with van der Waals surface area (Å²) in [6.07, 6.45) is 9.88. The molecule has 1 N–H and O–H groups in total. The topological polar surface area (TPSA) is 29.5 Å². The average Bonchev–Trinajstić information content (AvgIpc) is 2.49. The number of rotatable bonds is 0. The van der Waals surface area contributed by atoms with Crippen molar-refractivity contribution in [1.29, 1.82) is 0 Å². The Bertz CT molecular complexity index is 544. The third kappa shape index (κ3) is 2.19. The molecule has 0 bridgehead atoms. The van der Waals surface area contributed by atoms with E-state index in [0.717, 1.165) is 13.0 Å². The van der Waals surface area contributed by atoms with Crippen LogP contribution in [0, 0.1) is 5.41 Å². The molecule has 1 aromatic carbocycles. The Labute approximate surface area is 127 Å². The minimum absolute atomic E-state index is 0.148. The Balaban J connectivity index is 1.70. The zero-order chi connectivity index (χ0) is 14.5. The Morgan fingerprint density at radius 2 is 2.05 bits per heavy atom. The molecule has 0 aromatic heterocycles. The van der Waals surface area contributed by atoms with E-state index in [1.807, 2.05) is 12.1 Å². The van der Waals surface area contributed by atoms with Crippen LogP contribution in [-0.4, -0.2) is 17.3 Å². The summed E-state index contributed by atoms with van der Waals surface area (Å²) < 4.78 is 6.29. The SMILES string of the molecule is C[C@@]12CCc3cc(O)ccc3C1C[C@]1(CCCCO1)CC2. The minimum atomic E-state index is 0.148. The van der Waals surface area contributed by atoms with Gasteiger partial charge in [0.2, 0.25) is 0 Å². The predicted molar refractivity (Wildman–Crippen MR) is 83.7 cm³/mol. The van der Waals surface area contributed by atoms with E-state index in [1.165, 1.54) is 56.1 Å². The predicted octanol–water partition coefficient (Wildman–Crippen LogP) is 4.55. The van der Waals surface area contributed by atoms with Gasteiger partial charge in [-0.05, 0) is 86.0 Å². The first kappa shape index (κ1) is 13.6. The highest BCUT2D eigenvalue weighted by molar-refractivity contribution is 5.41. The zero-order valence-corrected chi connectivity index (χ0v) is 13.0. The van der Waals surface area contributed by atoms with Gasteiger partial charge in [0.15, 0.2) is 0 Å². The third-order valence-electron chi connectivity index (χ3n) is 6.47. The van der Waals surface area contributed by atoms with E-state index in [1.54, 1.807) is 0 Å². The van der Waals surface area contributed by atoms with Crippen molar-refractivity contribution in [2.75, 3.05) is 6.61 Å². The van der Waals surface area contributed by atoms with Gasteiger partial charge in [0.25, 0.3) is 0 Å². The number of ether oxygens (including phenoxy) is 1. The quantitative estimate of drug-likeness (QED) is 0.758. The highest BCUT2D eigenvalue weighted by Crippen LogP contribution is 2.58. The first-order valence-corrected chi connectivity index (χ1v) is 8.56. The number of aromatic hydroxyl groups is 1. The summed E-state index contributed by atoms with van der Waals surface area (Å²) >= 11 is 0. The maximum Gasteiger partial charge on any atom is 0.115 e. The van der Waals surface area contributed by atoms with Crippen LogP contribution < -0.4 is 0 Å². The average molecular weight is 286 g/mol. The van der Waals surface area contributed by atoms with Crippen molar-refractivity contribution >= 4 is 0 Å². The van der Waals surface area contributed by atoms with Crippen molar-refractivity contribution in [3.8, 4) is 5.75 Å². The fraction of sp³-hybridized carbons (Fsp3) is 0.684. The molecular weight excluding hydrogens is 260 g/mol. The van der Waals surface area contributed by atoms with Crippen LogP contribution in [0.3, 0.4) is 0 Å². The van der Waals surface area contributed by atoms with Crippen LogP contribution >= 0.6 is 0 Å². The molecule has 2 aliphatic carbocycles. The number of aryl methyl sites for hydroxylation is 1. The first-order valence-electron chi connectivity index (χ1n) is 8.56. The fourth-order valence-electron chi connectivity index (χ4n) is 5.03. The minimum Gasteiger partial charge on any atom is -0.508 e. The summed E-state index contributed by atoms with van der Waals surface area (Å²) in [6, 6.07) is 6.03. The van der Waals surface area contributed by atoms with Crippen LogP contribution in [-0.2, 0) is 11.2 Å². The molecule has 114 valence electrons. The lowest BCUT2D eigenvalue weighted by atomic mass is 9.55. The van der Waals surface area contributed by atoms with Crippen molar-refractivity contribution in [3.05, 3.63) is 29.3 Å². The van der Waals surface area contributed by atoms with Crippen LogP contribution in [0.4, 0.5) is 0 Å².